The summed E-state index contributed by atoms with van der Waals surface area (Å²) < 4.78 is 5.39. The molecule has 2 aromatic rings. The number of aryl methyl sites for hydroxylation is 2. The van der Waals surface area contributed by atoms with Crippen LogP contribution in [0.2, 0.25) is 10.0 Å². The molecule has 4 heteroatoms. The second kappa shape index (κ2) is 4.73. The molecule has 2 nitrogen and oxygen atoms in total. The van der Waals surface area contributed by atoms with Crippen LogP contribution in [0.25, 0.3) is 0 Å². The molecule has 2 rings (SSSR count). The van der Waals surface area contributed by atoms with Crippen molar-refractivity contribution in [1.29, 1.82) is 0 Å². The normalized spacial score (nSPS) is 12.8. The number of benzene rings is 1. The van der Waals surface area contributed by atoms with Gasteiger partial charge in [0, 0.05) is 21.2 Å². The molecule has 0 fully saturated rings. The van der Waals surface area contributed by atoms with Crippen molar-refractivity contribution >= 4 is 23.2 Å². The van der Waals surface area contributed by atoms with E-state index in [0.717, 1.165) is 11.3 Å². The first kappa shape index (κ1) is 12.5. The van der Waals surface area contributed by atoms with E-state index in [1.807, 2.05) is 19.9 Å². The number of hydrogen-bond acceptors (Lipinski definition) is 2. The summed E-state index contributed by atoms with van der Waals surface area (Å²) in [6.07, 6.45) is -0.794. The van der Waals surface area contributed by atoms with E-state index in [2.05, 4.69) is 0 Å². The van der Waals surface area contributed by atoms with Gasteiger partial charge in [-0.2, -0.15) is 0 Å². The molecule has 0 radical (unpaired) electrons. The third kappa shape index (κ3) is 2.49. The molecule has 0 aliphatic carbocycles. The molecule has 1 aromatic carbocycles. The van der Waals surface area contributed by atoms with Crippen LogP contribution in [-0.4, -0.2) is 5.11 Å². The Morgan fingerprint density at radius 1 is 1.12 bits per heavy atom. The van der Waals surface area contributed by atoms with Crippen molar-refractivity contribution in [2.24, 2.45) is 0 Å². The van der Waals surface area contributed by atoms with E-state index in [4.69, 9.17) is 27.6 Å². The fourth-order valence-corrected chi connectivity index (χ4v) is 2.32. The van der Waals surface area contributed by atoms with Gasteiger partial charge in [-0.3, -0.25) is 0 Å². The molecule has 0 saturated heterocycles. The molecule has 0 saturated carbocycles. The van der Waals surface area contributed by atoms with Gasteiger partial charge in [0.1, 0.15) is 17.6 Å². The predicted molar refractivity (Wildman–Crippen MR) is 68.7 cm³/mol. The lowest BCUT2D eigenvalue weighted by Crippen LogP contribution is -2.00. The van der Waals surface area contributed by atoms with E-state index >= 15 is 0 Å². The molecule has 0 aliphatic rings. The zero-order chi connectivity index (χ0) is 12.6. The van der Waals surface area contributed by atoms with Gasteiger partial charge in [0.25, 0.3) is 0 Å². The second-order valence-electron chi connectivity index (χ2n) is 3.94. The van der Waals surface area contributed by atoms with Crippen LogP contribution in [0, 0.1) is 13.8 Å². The Balaban J connectivity index is 2.43. The number of aliphatic hydroxyl groups excluding tert-OH is 1. The standard InChI is InChI=1S/C13H12Cl2O2/c1-7-5-11(8(2)17-7)13(16)10-4-3-9(14)6-12(10)15/h3-6,13,16H,1-2H3. The highest BCUT2D eigenvalue weighted by atomic mass is 35.5. The molecular weight excluding hydrogens is 259 g/mol. The van der Waals surface area contributed by atoms with E-state index in [-0.39, 0.29) is 0 Å². The average molecular weight is 271 g/mol. The van der Waals surface area contributed by atoms with Gasteiger partial charge in [0.15, 0.2) is 0 Å². The van der Waals surface area contributed by atoms with Crippen molar-refractivity contribution in [2.75, 3.05) is 0 Å². The molecule has 1 heterocycles. The largest absolute Gasteiger partial charge is 0.466 e. The van der Waals surface area contributed by atoms with Gasteiger partial charge in [-0.1, -0.05) is 29.3 Å². The van der Waals surface area contributed by atoms with Crippen LogP contribution in [0.5, 0.6) is 0 Å². The van der Waals surface area contributed by atoms with Crippen LogP contribution >= 0.6 is 23.2 Å². The minimum absolute atomic E-state index is 0.447. The first-order chi connectivity index (χ1) is 7.99. The maximum atomic E-state index is 10.3. The quantitative estimate of drug-likeness (QED) is 0.884. The number of aliphatic hydroxyl groups is 1. The van der Waals surface area contributed by atoms with Crippen LogP contribution in [0.1, 0.15) is 28.8 Å². The highest BCUT2D eigenvalue weighted by Crippen LogP contribution is 2.32. The summed E-state index contributed by atoms with van der Waals surface area (Å²) >= 11 is 11.9. The van der Waals surface area contributed by atoms with Crippen molar-refractivity contribution in [3.8, 4) is 0 Å². The SMILES string of the molecule is Cc1cc(C(O)c2ccc(Cl)cc2Cl)c(C)o1. The molecule has 0 bridgehead atoms. The molecule has 90 valence electrons. The summed E-state index contributed by atoms with van der Waals surface area (Å²) in [5.41, 5.74) is 1.35. The smallest absolute Gasteiger partial charge is 0.109 e. The summed E-state index contributed by atoms with van der Waals surface area (Å²) in [4.78, 5) is 0. The summed E-state index contributed by atoms with van der Waals surface area (Å²) in [6.45, 7) is 3.65. The van der Waals surface area contributed by atoms with Gasteiger partial charge in [-0.05, 0) is 32.0 Å². The zero-order valence-electron chi connectivity index (χ0n) is 9.50. The fourth-order valence-electron chi connectivity index (χ4n) is 1.81. The molecule has 1 atom stereocenters. The second-order valence-corrected chi connectivity index (χ2v) is 4.78. The van der Waals surface area contributed by atoms with Gasteiger partial charge >= 0.3 is 0 Å². The highest BCUT2D eigenvalue weighted by molar-refractivity contribution is 6.35. The van der Waals surface area contributed by atoms with Crippen molar-refractivity contribution in [3.05, 3.63) is 57.0 Å². The number of halogens is 2. The van der Waals surface area contributed by atoms with Gasteiger partial charge in [0.05, 0.1) is 0 Å². The third-order valence-corrected chi connectivity index (χ3v) is 3.19. The van der Waals surface area contributed by atoms with Crippen LogP contribution in [0.15, 0.2) is 28.7 Å². The molecular formula is C13H12Cl2O2. The fraction of sp³-hybridized carbons (Fsp3) is 0.231. The monoisotopic (exact) mass is 270 g/mol. The Hall–Kier alpha value is -0.960. The summed E-state index contributed by atoms with van der Waals surface area (Å²) in [6, 6.07) is 6.85. The van der Waals surface area contributed by atoms with E-state index in [1.165, 1.54) is 0 Å². The first-order valence-electron chi connectivity index (χ1n) is 5.19. The summed E-state index contributed by atoms with van der Waals surface area (Å²) in [7, 11) is 0. The Morgan fingerprint density at radius 2 is 1.82 bits per heavy atom. The Morgan fingerprint density at radius 3 is 2.35 bits per heavy atom. The zero-order valence-corrected chi connectivity index (χ0v) is 11.0. The van der Waals surface area contributed by atoms with Gasteiger partial charge in [-0.15, -0.1) is 0 Å². The molecule has 1 N–H and O–H groups in total. The van der Waals surface area contributed by atoms with Crippen molar-refractivity contribution in [2.45, 2.75) is 20.0 Å². The Labute approximate surface area is 110 Å². The van der Waals surface area contributed by atoms with Crippen LogP contribution in [0.4, 0.5) is 0 Å². The van der Waals surface area contributed by atoms with E-state index in [1.54, 1.807) is 18.2 Å². The van der Waals surface area contributed by atoms with Crippen molar-refractivity contribution in [1.82, 2.24) is 0 Å². The number of hydrogen-bond donors (Lipinski definition) is 1. The molecule has 1 unspecified atom stereocenters. The van der Waals surface area contributed by atoms with Crippen LogP contribution in [-0.2, 0) is 0 Å². The topological polar surface area (TPSA) is 33.4 Å². The van der Waals surface area contributed by atoms with Gasteiger partial charge < -0.3 is 9.52 Å². The van der Waals surface area contributed by atoms with Gasteiger partial charge in [0.2, 0.25) is 0 Å². The van der Waals surface area contributed by atoms with Crippen LogP contribution < -0.4 is 0 Å². The minimum Gasteiger partial charge on any atom is -0.466 e. The van der Waals surface area contributed by atoms with E-state index in [0.29, 0.717) is 21.4 Å². The molecule has 0 spiro atoms. The summed E-state index contributed by atoms with van der Waals surface area (Å²) in [5.74, 6) is 1.46. The Kier molecular flexibility index (Phi) is 3.48. The molecule has 17 heavy (non-hydrogen) atoms. The summed E-state index contributed by atoms with van der Waals surface area (Å²) in [5, 5.41) is 11.3. The molecule has 0 amide bonds. The number of furan rings is 1. The van der Waals surface area contributed by atoms with Crippen LogP contribution in [0.3, 0.4) is 0 Å². The number of rotatable bonds is 2. The molecule has 1 aromatic heterocycles. The minimum atomic E-state index is -0.794. The maximum Gasteiger partial charge on any atom is 0.109 e. The van der Waals surface area contributed by atoms with Gasteiger partial charge in [-0.25, -0.2) is 0 Å². The first-order valence-corrected chi connectivity index (χ1v) is 5.94. The van der Waals surface area contributed by atoms with E-state index < -0.39 is 6.10 Å². The lowest BCUT2D eigenvalue weighted by atomic mass is 10.0. The average Bonchev–Trinajstić information content (AvgIpc) is 2.57. The lowest BCUT2D eigenvalue weighted by Gasteiger charge is -2.12. The predicted octanol–water partition coefficient (Wildman–Crippen LogP) is 4.28. The molecule has 0 aliphatic heterocycles. The maximum absolute atomic E-state index is 10.3. The van der Waals surface area contributed by atoms with E-state index in [9.17, 15) is 5.11 Å². The lowest BCUT2D eigenvalue weighted by molar-refractivity contribution is 0.218. The Bertz CT molecular complexity index is 546. The highest BCUT2D eigenvalue weighted by Gasteiger charge is 2.18. The van der Waals surface area contributed by atoms with Crippen molar-refractivity contribution in [3.63, 3.8) is 0 Å². The van der Waals surface area contributed by atoms with Crippen molar-refractivity contribution < 1.29 is 9.52 Å². The third-order valence-electron chi connectivity index (χ3n) is 2.63.